The first-order chi connectivity index (χ1) is 9.18. The molecule has 0 spiro atoms. The van der Waals surface area contributed by atoms with E-state index in [1.54, 1.807) is 24.3 Å². The third-order valence-corrected chi connectivity index (χ3v) is 2.83. The van der Waals surface area contributed by atoms with Gasteiger partial charge in [0.2, 0.25) is 0 Å². The molecule has 0 saturated heterocycles. The zero-order valence-corrected chi connectivity index (χ0v) is 9.57. The van der Waals surface area contributed by atoms with Crippen LogP contribution in [0.1, 0.15) is 0 Å². The second-order valence-corrected chi connectivity index (χ2v) is 3.96. The van der Waals surface area contributed by atoms with E-state index in [-0.39, 0.29) is 11.3 Å². The minimum Gasteiger partial charge on any atom is -0.236 e. The van der Waals surface area contributed by atoms with Gasteiger partial charge in [0.05, 0.1) is 11.2 Å². The molecule has 3 rings (SSSR count). The summed E-state index contributed by atoms with van der Waals surface area (Å²) in [5.74, 6) is -3.97. The number of hydrogen-bond acceptors (Lipinski definition) is 2. The molecule has 0 bridgehead atoms. The first-order valence-corrected chi connectivity index (χ1v) is 5.52. The van der Waals surface area contributed by atoms with Crippen molar-refractivity contribution in [2.75, 3.05) is 0 Å². The Labute approximate surface area is 106 Å². The van der Waals surface area contributed by atoms with E-state index in [0.717, 1.165) is 6.07 Å². The average Bonchev–Trinajstić information content (AvgIpc) is 2.45. The Balaban J connectivity index is 2.34. The van der Waals surface area contributed by atoms with Gasteiger partial charge in [0, 0.05) is 10.9 Å². The Morgan fingerprint density at radius 3 is 2.42 bits per heavy atom. The molecule has 0 aliphatic carbocycles. The molecule has 0 saturated carbocycles. The summed E-state index contributed by atoms with van der Waals surface area (Å²) in [4.78, 5) is 8.00. The summed E-state index contributed by atoms with van der Waals surface area (Å²) < 4.78 is 40.0. The van der Waals surface area contributed by atoms with Crippen molar-refractivity contribution in [2.24, 2.45) is 0 Å². The molecule has 0 atom stereocenters. The minimum atomic E-state index is -1.50. The highest BCUT2D eigenvalue weighted by molar-refractivity contribution is 5.92. The van der Waals surface area contributed by atoms with Crippen molar-refractivity contribution in [3.05, 3.63) is 60.2 Å². The fraction of sp³-hybridized carbons (Fsp3) is 0. The molecule has 1 heterocycles. The van der Waals surface area contributed by atoms with Crippen LogP contribution in [0.5, 0.6) is 0 Å². The van der Waals surface area contributed by atoms with E-state index >= 15 is 0 Å². The Morgan fingerprint density at radius 1 is 0.789 bits per heavy atom. The van der Waals surface area contributed by atoms with Crippen molar-refractivity contribution in [1.29, 1.82) is 0 Å². The first kappa shape index (κ1) is 11.6. The third kappa shape index (κ3) is 1.83. The minimum absolute atomic E-state index is 0.0856. The number of benzene rings is 2. The van der Waals surface area contributed by atoms with E-state index in [9.17, 15) is 13.2 Å². The highest BCUT2D eigenvalue weighted by Gasteiger charge is 2.17. The standard InChI is InChI=1S/C14H7F3N2/c15-10-6-5-9(12(16)13(10)17)14-8-3-1-2-4-11(8)18-7-19-14/h1-7H. The predicted molar refractivity (Wildman–Crippen MR) is 64.8 cm³/mol. The van der Waals surface area contributed by atoms with Crippen molar-refractivity contribution >= 4 is 10.9 Å². The van der Waals surface area contributed by atoms with E-state index in [4.69, 9.17) is 0 Å². The van der Waals surface area contributed by atoms with Crippen LogP contribution >= 0.6 is 0 Å². The van der Waals surface area contributed by atoms with E-state index in [1.165, 1.54) is 12.4 Å². The summed E-state index contributed by atoms with van der Waals surface area (Å²) in [6.07, 6.45) is 1.26. The van der Waals surface area contributed by atoms with Crippen LogP contribution in [-0.4, -0.2) is 9.97 Å². The molecule has 0 radical (unpaired) electrons. The first-order valence-electron chi connectivity index (χ1n) is 5.52. The quantitative estimate of drug-likeness (QED) is 0.623. The summed E-state index contributed by atoms with van der Waals surface area (Å²) in [6.45, 7) is 0. The van der Waals surface area contributed by atoms with Crippen molar-refractivity contribution < 1.29 is 13.2 Å². The Kier molecular flexibility index (Phi) is 2.67. The van der Waals surface area contributed by atoms with Crippen LogP contribution in [0.15, 0.2) is 42.7 Å². The van der Waals surface area contributed by atoms with Crippen molar-refractivity contribution in [3.63, 3.8) is 0 Å². The van der Waals surface area contributed by atoms with Crippen LogP contribution in [-0.2, 0) is 0 Å². The van der Waals surface area contributed by atoms with Gasteiger partial charge in [-0.05, 0) is 18.2 Å². The lowest BCUT2D eigenvalue weighted by Gasteiger charge is -2.07. The lowest BCUT2D eigenvalue weighted by atomic mass is 10.1. The predicted octanol–water partition coefficient (Wildman–Crippen LogP) is 3.71. The molecule has 3 aromatic rings. The maximum atomic E-state index is 13.8. The van der Waals surface area contributed by atoms with Crippen LogP contribution in [0.3, 0.4) is 0 Å². The van der Waals surface area contributed by atoms with Crippen molar-refractivity contribution in [2.45, 2.75) is 0 Å². The highest BCUT2D eigenvalue weighted by atomic mass is 19.2. The van der Waals surface area contributed by atoms with Gasteiger partial charge in [-0.25, -0.2) is 23.1 Å². The van der Waals surface area contributed by atoms with E-state index in [2.05, 4.69) is 9.97 Å². The van der Waals surface area contributed by atoms with Crippen molar-refractivity contribution in [3.8, 4) is 11.3 Å². The van der Waals surface area contributed by atoms with Gasteiger partial charge in [-0.3, -0.25) is 0 Å². The van der Waals surface area contributed by atoms with Crippen molar-refractivity contribution in [1.82, 2.24) is 9.97 Å². The van der Waals surface area contributed by atoms with Gasteiger partial charge in [-0.1, -0.05) is 18.2 Å². The maximum absolute atomic E-state index is 13.8. The van der Waals surface area contributed by atoms with Crippen LogP contribution in [0.4, 0.5) is 13.2 Å². The molecular weight excluding hydrogens is 253 g/mol. The lowest BCUT2D eigenvalue weighted by molar-refractivity contribution is 0.449. The summed E-state index contributed by atoms with van der Waals surface area (Å²) >= 11 is 0. The van der Waals surface area contributed by atoms with Gasteiger partial charge in [-0.2, -0.15) is 0 Å². The van der Waals surface area contributed by atoms with Crippen LogP contribution in [0, 0.1) is 17.5 Å². The van der Waals surface area contributed by atoms with Gasteiger partial charge in [-0.15, -0.1) is 0 Å². The van der Waals surface area contributed by atoms with Gasteiger partial charge >= 0.3 is 0 Å². The van der Waals surface area contributed by atoms with Gasteiger partial charge in [0.25, 0.3) is 0 Å². The molecular formula is C14H7F3N2. The molecule has 0 aliphatic rings. The Bertz CT molecular complexity index is 766. The zero-order chi connectivity index (χ0) is 13.4. The number of nitrogens with zero attached hydrogens (tertiary/aromatic N) is 2. The maximum Gasteiger partial charge on any atom is 0.195 e. The summed E-state index contributed by atoms with van der Waals surface area (Å²) in [5, 5.41) is 0.579. The number of para-hydroxylation sites is 1. The fourth-order valence-electron chi connectivity index (χ4n) is 1.93. The SMILES string of the molecule is Fc1ccc(-c2ncnc3ccccc23)c(F)c1F. The summed E-state index contributed by atoms with van der Waals surface area (Å²) in [6, 6.07) is 9.00. The zero-order valence-electron chi connectivity index (χ0n) is 9.57. The number of fused-ring (bicyclic) bond motifs is 1. The molecule has 0 aliphatic heterocycles. The monoisotopic (exact) mass is 260 g/mol. The Hall–Kier alpha value is -2.43. The number of hydrogen-bond donors (Lipinski definition) is 0. The second-order valence-electron chi connectivity index (χ2n) is 3.96. The molecule has 2 aromatic carbocycles. The van der Waals surface area contributed by atoms with Crippen LogP contribution in [0.2, 0.25) is 0 Å². The van der Waals surface area contributed by atoms with E-state index in [0.29, 0.717) is 10.9 Å². The molecule has 19 heavy (non-hydrogen) atoms. The molecule has 94 valence electrons. The summed E-state index contributed by atoms with van der Waals surface area (Å²) in [7, 11) is 0. The number of halogens is 3. The summed E-state index contributed by atoms with van der Waals surface area (Å²) in [5.41, 5.74) is 0.760. The largest absolute Gasteiger partial charge is 0.236 e. The van der Waals surface area contributed by atoms with E-state index < -0.39 is 17.5 Å². The van der Waals surface area contributed by atoms with Crippen LogP contribution < -0.4 is 0 Å². The molecule has 5 heteroatoms. The second kappa shape index (κ2) is 4.35. The molecule has 2 nitrogen and oxygen atoms in total. The van der Waals surface area contributed by atoms with Gasteiger partial charge in [0.1, 0.15) is 6.33 Å². The molecule has 0 unspecified atom stereocenters. The highest BCUT2D eigenvalue weighted by Crippen LogP contribution is 2.29. The van der Waals surface area contributed by atoms with Gasteiger partial charge in [0.15, 0.2) is 17.5 Å². The van der Waals surface area contributed by atoms with E-state index in [1.807, 2.05) is 0 Å². The smallest absolute Gasteiger partial charge is 0.195 e. The lowest BCUT2D eigenvalue weighted by Crippen LogP contribution is -1.96. The average molecular weight is 260 g/mol. The molecule has 0 fully saturated rings. The molecule has 0 amide bonds. The number of aromatic nitrogens is 2. The fourth-order valence-corrected chi connectivity index (χ4v) is 1.93. The molecule has 1 aromatic heterocycles. The van der Waals surface area contributed by atoms with Crippen LogP contribution in [0.25, 0.3) is 22.2 Å². The normalized spacial score (nSPS) is 10.9. The third-order valence-electron chi connectivity index (χ3n) is 2.83. The Morgan fingerprint density at radius 2 is 1.58 bits per heavy atom. The van der Waals surface area contributed by atoms with Gasteiger partial charge < -0.3 is 0 Å². The topological polar surface area (TPSA) is 25.8 Å². The molecule has 0 N–H and O–H groups in total. The number of rotatable bonds is 1.